The first kappa shape index (κ1) is 14.1. The van der Waals surface area contributed by atoms with Gasteiger partial charge in [-0.3, -0.25) is 0 Å². The molecule has 6 nitrogen and oxygen atoms in total. The highest BCUT2D eigenvalue weighted by atomic mass is 32.2. The number of hydrogen-bond acceptors (Lipinski definition) is 6. The molecule has 0 radical (unpaired) electrons. The van der Waals surface area contributed by atoms with E-state index in [9.17, 15) is 0 Å². The molecule has 0 fully saturated rings. The minimum absolute atomic E-state index is 0.105. The molecule has 3 rings (SSSR count). The summed E-state index contributed by atoms with van der Waals surface area (Å²) in [6, 6.07) is 6.04. The van der Waals surface area contributed by atoms with Crippen LogP contribution < -0.4 is 5.73 Å². The Morgan fingerprint density at radius 3 is 2.95 bits per heavy atom. The van der Waals surface area contributed by atoms with Crippen LogP contribution in [0.2, 0.25) is 0 Å². The highest BCUT2D eigenvalue weighted by molar-refractivity contribution is 7.99. The van der Waals surface area contributed by atoms with E-state index in [-0.39, 0.29) is 6.04 Å². The Kier molecular flexibility index (Phi) is 3.94. The number of nitrogens with two attached hydrogens (primary N) is 1. The Hall–Kier alpha value is -1.86. The Morgan fingerprint density at radius 1 is 1.38 bits per heavy atom. The Morgan fingerprint density at radius 2 is 2.24 bits per heavy atom. The first-order valence-corrected chi connectivity index (χ1v) is 7.68. The minimum Gasteiger partial charge on any atom is -0.416 e. The number of hydrogen-bond donors (Lipinski definition) is 1. The van der Waals surface area contributed by atoms with Crippen molar-refractivity contribution in [2.24, 2.45) is 5.73 Å². The molecular weight excluding hydrogens is 286 g/mol. The van der Waals surface area contributed by atoms with Gasteiger partial charge in [0.15, 0.2) is 0 Å². The van der Waals surface area contributed by atoms with Crippen molar-refractivity contribution in [3.05, 3.63) is 36.0 Å². The third-order valence-electron chi connectivity index (χ3n) is 3.26. The van der Waals surface area contributed by atoms with Gasteiger partial charge in [-0.15, -0.1) is 10.2 Å². The third kappa shape index (κ3) is 2.93. The van der Waals surface area contributed by atoms with Crippen LogP contribution in [0.15, 0.2) is 39.1 Å². The fraction of sp³-hybridized carbons (Fsp3) is 0.357. The molecule has 3 heterocycles. The van der Waals surface area contributed by atoms with Gasteiger partial charge in [-0.05, 0) is 30.3 Å². The Labute approximate surface area is 126 Å². The summed E-state index contributed by atoms with van der Waals surface area (Å²) in [5, 5.41) is 9.24. The van der Waals surface area contributed by atoms with E-state index in [4.69, 9.17) is 10.2 Å². The maximum absolute atomic E-state index is 6.12. The largest absolute Gasteiger partial charge is 0.416 e. The molecular formula is C14H17N5OS. The molecule has 0 saturated carbocycles. The van der Waals surface area contributed by atoms with E-state index in [0.717, 1.165) is 29.2 Å². The van der Waals surface area contributed by atoms with Crippen LogP contribution >= 0.6 is 11.8 Å². The highest BCUT2D eigenvalue weighted by Crippen LogP contribution is 2.30. The summed E-state index contributed by atoms with van der Waals surface area (Å²) in [5.41, 5.74) is 8.10. The van der Waals surface area contributed by atoms with E-state index >= 15 is 0 Å². The van der Waals surface area contributed by atoms with Crippen LogP contribution in [0.4, 0.5) is 0 Å². The first-order valence-electron chi connectivity index (χ1n) is 6.87. The number of nitrogens with zero attached hydrogens (tertiary/aromatic N) is 4. The molecule has 21 heavy (non-hydrogen) atoms. The minimum atomic E-state index is 0.105. The van der Waals surface area contributed by atoms with E-state index in [1.165, 1.54) is 11.8 Å². The summed E-state index contributed by atoms with van der Waals surface area (Å²) in [4.78, 5) is 4.65. The number of aryl methyl sites for hydroxylation is 1. The first-order chi connectivity index (χ1) is 10.2. The van der Waals surface area contributed by atoms with Gasteiger partial charge in [0.25, 0.3) is 5.22 Å². The fourth-order valence-electron chi connectivity index (χ4n) is 2.09. The SMILES string of the molecule is CCC(N)Cc1c(Sc2nnc(C)o2)nc2ccccn12. The molecule has 2 N–H and O–H groups in total. The zero-order chi connectivity index (χ0) is 14.8. The Balaban J connectivity index is 2.01. The van der Waals surface area contributed by atoms with Crippen molar-refractivity contribution in [1.29, 1.82) is 0 Å². The lowest BCUT2D eigenvalue weighted by Gasteiger charge is -2.09. The number of pyridine rings is 1. The van der Waals surface area contributed by atoms with E-state index in [1.54, 1.807) is 6.92 Å². The Bertz CT molecular complexity index is 751. The number of imidazole rings is 1. The second-order valence-corrected chi connectivity index (χ2v) is 5.79. The van der Waals surface area contributed by atoms with Crippen LogP contribution in [0.25, 0.3) is 5.65 Å². The van der Waals surface area contributed by atoms with Crippen LogP contribution in [0.1, 0.15) is 24.9 Å². The molecule has 1 unspecified atom stereocenters. The molecule has 0 amide bonds. The summed E-state index contributed by atoms with van der Waals surface area (Å²) >= 11 is 1.39. The van der Waals surface area contributed by atoms with Gasteiger partial charge in [0, 0.05) is 25.6 Å². The van der Waals surface area contributed by atoms with Crippen LogP contribution in [0, 0.1) is 6.92 Å². The van der Waals surface area contributed by atoms with Gasteiger partial charge in [-0.2, -0.15) is 0 Å². The zero-order valence-corrected chi connectivity index (χ0v) is 12.8. The van der Waals surface area contributed by atoms with Crippen LogP contribution in [-0.2, 0) is 6.42 Å². The average Bonchev–Trinajstić information content (AvgIpc) is 3.04. The second-order valence-electron chi connectivity index (χ2n) is 4.85. The topological polar surface area (TPSA) is 82.2 Å². The number of aromatic nitrogens is 4. The van der Waals surface area contributed by atoms with E-state index in [0.29, 0.717) is 11.1 Å². The predicted octanol–water partition coefficient (Wildman–Crippen LogP) is 2.46. The summed E-state index contributed by atoms with van der Waals surface area (Å²) in [6.45, 7) is 3.86. The molecule has 0 saturated heterocycles. The second kappa shape index (κ2) is 5.87. The van der Waals surface area contributed by atoms with Gasteiger partial charge in [-0.25, -0.2) is 4.98 Å². The third-order valence-corrected chi connectivity index (χ3v) is 4.12. The highest BCUT2D eigenvalue weighted by Gasteiger charge is 2.17. The zero-order valence-electron chi connectivity index (χ0n) is 12.0. The quantitative estimate of drug-likeness (QED) is 0.779. The summed E-state index contributed by atoms with van der Waals surface area (Å²) in [5.74, 6) is 0.549. The van der Waals surface area contributed by atoms with Gasteiger partial charge in [-0.1, -0.05) is 13.0 Å². The number of fused-ring (bicyclic) bond motifs is 1. The fourth-order valence-corrected chi connectivity index (χ4v) is 2.94. The summed E-state index contributed by atoms with van der Waals surface area (Å²) < 4.78 is 7.50. The average molecular weight is 303 g/mol. The standard InChI is InChI=1S/C14H17N5OS/c1-3-10(15)8-11-13(21-14-18-17-9(2)20-14)16-12-6-4-5-7-19(11)12/h4-7,10H,3,8,15H2,1-2H3. The molecule has 110 valence electrons. The van der Waals surface area contributed by atoms with E-state index in [1.807, 2.05) is 24.4 Å². The van der Waals surface area contributed by atoms with Crippen LogP contribution in [-0.4, -0.2) is 25.6 Å². The predicted molar refractivity (Wildman–Crippen MR) is 80.3 cm³/mol. The van der Waals surface area contributed by atoms with Crippen molar-refractivity contribution in [3.8, 4) is 0 Å². The van der Waals surface area contributed by atoms with Gasteiger partial charge < -0.3 is 14.6 Å². The van der Waals surface area contributed by atoms with Crippen LogP contribution in [0.3, 0.4) is 0 Å². The molecule has 1 atom stereocenters. The van der Waals surface area contributed by atoms with Crippen molar-refractivity contribution >= 4 is 17.4 Å². The van der Waals surface area contributed by atoms with Gasteiger partial charge in [0.2, 0.25) is 5.89 Å². The van der Waals surface area contributed by atoms with Crippen LogP contribution in [0.5, 0.6) is 0 Å². The molecule has 0 aliphatic heterocycles. The van der Waals surface area contributed by atoms with Gasteiger partial charge in [0.1, 0.15) is 10.7 Å². The monoisotopic (exact) mass is 303 g/mol. The van der Waals surface area contributed by atoms with Gasteiger partial charge >= 0.3 is 0 Å². The van der Waals surface area contributed by atoms with Crippen molar-refractivity contribution in [1.82, 2.24) is 19.6 Å². The van der Waals surface area contributed by atoms with Gasteiger partial charge in [0.05, 0.1) is 5.69 Å². The maximum atomic E-state index is 6.12. The van der Waals surface area contributed by atoms with Crippen molar-refractivity contribution in [3.63, 3.8) is 0 Å². The van der Waals surface area contributed by atoms with Crippen molar-refractivity contribution < 1.29 is 4.42 Å². The molecule has 0 aromatic carbocycles. The molecule has 3 aromatic rings. The normalized spacial score (nSPS) is 12.9. The lowest BCUT2D eigenvalue weighted by Crippen LogP contribution is -2.22. The van der Waals surface area contributed by atoms with Crippen molar-refractivity contribution in [2.75, 3.05) is 0 Å². The molecule has 3 aromatic heterocycles. The summed E-state index contributed by atoms with van der Waals surface area (Å²) in [7, 11) is 0. The summed E-state index contributed by atoms with van der Waals surface area (Å²) in [6.07, 6.45) is 3.68. The molecule has 0 spiro atoms. The lowest BCUT2D eigenvalue weighted by atomic mass is 10.1. The molecule has 0 bridgehead atoms. The molecule has 0 aliphatic rings. The smallest absolute Gasteiger partial charge is 0.282 e. The maximum Gasteiger partial charge on any atom is 0.282 e. The lowest BCUT2D eigenvalue weighted by molar-refractivity contribution is 0.429. The molecule has 7 heteroatoms. The van der Waals surface area contributed by atoms with E-state index < -0.39 is 0 Å². The van der Waals surface area contributed by atoms with E-state index in [2.05, 4.69) is 26.5 Å². The molecule has 0 aliphatic carbocycles. The number of rotatable bonds is 5. The van der Waals surface area contributed by atoms with Crippen molar-refractivity contribution in [2.45, 2.75) is 43.0 Å².